The van der Waals surface area contributed by atoms with E-state index in [1.165, 1.54) is 12.5 Å². The summed E-state index contributed by atoms with van der Waals surface area (Å²) in [4.78, 5) is 52.7. The molecule has 2 heterocycles. The van der Waals surface area contributed by atoms with Gasteiger partial charge in [0.15, 0.2) is 11.9 Å². The zero-order chi connectivity index (χ0) is 25.8. The van der Waals surface area contributed by atoms with Crippen molar-refractivity contribution in [1.29, 1.82) is 0 Å². The van der Waals surface area contributed by atoms with E-state index >= 15 is 0 Å². The number of hydrogen-bond donors (Lipinski definition) is 1. The molecule has 7 unspecified atom stereocenters. The molecule has 3 aliphatic rings. The third kappa shape index (κ3) is 3.74. The van der Waals surface area contributed by atoms with E-state index in [1.54, 1.807) is 24.3 Å². The van der Waals surface area contributed by atoms with Crippen molar-refractivity contribution in [1.82, 2.24) is 0 Å². The molecule has 0 amide bonds. The minimum Gasteiger partial charge on any atom is -0.481 e. The first kappa shape index (κ1) is 24.3. The highest BCUT2D eigenvalue weighted by Crippen LogP contribution is 2.65. The normalized spacial score (nSPS) is 35.8. The zero-order valence-electron chi connectivity index (χ0n) is 20.6. The van der Waals surface area contributed by atoms with Gasteiger partial charge >= 0.3 is 17.9 Å². The van der Waals surface area contributed by atoms with Crippen molar-refractivity contribution in [2.45, 2.75) is 58.7 Å². The summed E-state index contributed by atoms with van der Waals surface area (Å²) in [5, 5.41) is 10.2. The van der Waals surface area contributed by atoms with Crippen molar-refractivity contribution in [3.63, 3.8) is 0 Å². The lowest BCUT2D eigenvalue weighted by Crippen LogP contribution is -2.64. The Hall–Kier alpha value is -3.42. The lowest BCUT2D eigenvalue weighted by atomic mass is 9.43. The third-order valence-electron chi connectivity index (χ3n) is 8.82. The fourth-order valence-corrected chi connectivity index (χ4v) is 7.11. The van der Waals surface area contributed by atoms with Crippen molar-refractivity contribution < 1.29 is 38.2 Å². The number of benzene rings is 1. The summed E-state index contributed by atoms with van der Waals surface area (Å²) < 4.78 is 16.6. The smallest absolute Gasteiger partial charge is 0.338 e. The molecule has 7 atom stereocenters. The minimum atomic E-state index is -1.21. The van der Waals surface area contributed by atoms with Crippen molar-refractivity contribution in [2.24, 2.45) is 28.6 Å². The number of esters is 2. The monoisotopic (exact) mass is 494 g/mol. The van der Waals surface area contributed by atoms with E-state index in [2.05, 4.69) is 0 Å². The first-order valence-electron chi connectivity index (χ1n) is 12.3. The Balaban J connectivity index is 1.53. The molecule has 2 aromatic rings. The predicted octanol–water partition coefficient (Wildman–Crippen LogP) is 4.51. The largest absolute Gasteiger partial charge is 0.481 e. The van der Waals surface area contributed by atoms with E-state index in [-0.39, 0.29) is 12.2 Å². The Kier molecular flexibility index (Phi) is 5.80. The van der Waals surface area contributed by atoms with E-state index in [1.807, 2.05) is 26.8 Å². The van der Waals surface area contributed by atoms with Crippen LogP contribution in [0.5, 0.6) is 0 Å². The van der Waals surface area contributed by atoms with Gasteiger partial charge in [-0.15, -0.1) is 0 Å². The number of Topliss-reactive ketones (excluding diaryl/α,β-unsaturated/α-hetero) is 1. The van der Waals surface area contributed by atoms with E-state index < -0.39 is 58.7 Å². The average molecular weight is 495 g/mol. The van der Waals surface area contributed by atoms with Gasteiger partial charge in [0, 0.05) is 17.9 Å². The van der Waals surface area contributed by atoms with Crippen LogP contribution in [0.4, 0.5) is 0 Å². The number of ether oxygens (including phenoxy) is 2. The Labute approximate surface area is 209 Å². The van der Waals surface area contributed by atoms with Gasteiger partial charge in [0.25, 0.3) is 0 Å². The number of hydrogen-bond acceptors (Lipinski definition) is 7. The maximum Gasteiger partial charge on any atom is 0.338 e. The summed E-state index contributed by atoms with van der Waals surface area (Å²) in [6, 6.07) is 8.56. The van der Waals surface area contributed by atoms with Gasteiger partial charge < -0.3 is 19.0 Å². The SMILES string of the molecule is Cc1cccc(C(=O)OC2CC(C(=O)O)C3(C)CCC4C(=O)OC(c5ccoc5)CC4(C)C3C2=O)c1. The van der Waals surface area contributed by atoms with Crippen LogP contribution in [-0.2, 0) is 23.9 Å². The highest BCUT2D eigenvalue weighted by molar-refractivity contribution is 5.96. The summed E-state index contributed by atoms with van der Waals surface area (Å²) in [5.74, 6) is -4.66. The number of aryl methyl sites for hydroxylation is 1. The van der Waals surface area contributed by atoms with Crippen molar-refractivity contribution in [3.8, 4) is 0 Å². The number of cyclic esters (lactones) is 1. The van der Waals surface area contributed by atoms with Crippen LogP contribution in [0, 0.1) is 35.5 Å². The summed E-state index contributed by atoms with van der Waals surface area (Å²) in [7, 11) is 0. The van der Waals surface area contributed by atoms with Gasteiger partial charge in [-0.2, -0.15) is 0 Å². The first-order valence-corrected chi connectivity index (χ1v) is 12.3. The summed E-state index contributed by atoms with van der Waals surface area (Å²) in [5.41, 5.74) is 0.0967. The molecule has 5 rings (SSSR count). The van der Waals surface area contributed by atoms with Crippen LogP contribution in [0.1, 0.15) is 67.1 Å². The highest BCUT2D eigenvalue weighted by atomic mass is 16.6. The molecule has 2 saturated carbocycles. The highest BCUT2D eigenvalue weighted by Gasteiger charge is 2.67. The molecule has 36 heavy (non-hydrogen) atoms. The van der Waals surface area contributed by atoms with Gasteiger partial charge in [-0.05, 0) is 55.2 Å². The summed E-state index contributed by atoms with van der Waals surface area (Å²) in [6.45, 7) is 5.56. The van der Waals surface area contributed by atoms with Crippen LogP contribution in [0.25, 0.3) is 0 Å². The molecular weight excluding hydrogens is 464 g/mol. The molecule has 2 aliphatic carbocycles. The molecule has 0 spiro atoms. The van der Waals surface area contributed by atoms with Crippen molar-refractivity contribution in [3.05, 3.63) is 59.5 Å². The van der Waals surface area contributed by atoms with Crippen LogP contribution >= 0.6 is 0 Å². The standard InChI is InChI=1S/C28H30O8/c1-15-5-4-6-16(11-15)25(32)35-20-12-19(24(30)31)27(2)9-7-18-26(33)36-21(17-8-10-34-14-17)13-28(18,3)23(27)22(20)29/h4-6,8,10-11,14,18-21,23H,7,9,12-13H2,1-3H3,(H,30,31). The third-order valence-corrected chi connectivity index (χ3v) is 8.82. The van der Waals surface area contributed by atoms with E-state index in [9.17, 15) is 24.3 Å². The van der Waals surface area contributed by atoms with E-state index in [0.29, 0.717) is 30.4 Å². The molecule has 0 bridgehead atoms. The molecule has 1 N–H and O–H groups in total. The molecular formula is C28H30O8. The first-order chi connectivity index (χ1) is 17.0. The van der Waals surface area contributed by atoms with Crippen LogP contribution < -0.4 is 0 Å². The van der Waals surface area contributed by atoms with Crippen molar-refractivity contribution in [2.75, 3.05) is 0 Å². The van der Waals surface area contributed by atoms with Crippen LogP contribution in [-0.4, -0.2) is 34.9 Å². The molecule has 1 aromatic heterocycles. The predicted molar refractivity (Wildman–Crippen MR) is 126 cm³/mol. The lowest BCUT2D eigenvalue weighted by molar-refractivity contribution is -0.207. The number of furan rings is 1. The lowest BCUT2D eigenvalue weighted by Gasteiger charge is -2.60. The van der Waals surface area contributed by atoms with Crippen LogP contribution in [0.15, 0.2) is 47.3 Å². The number of ketones is 1. The second-order valence-electron chi connectivity index (χ2n) is 11.0. The topological polar surface area (TPSA) is 120 Å². The molecule has 1 saturated heterocycles. The van der Waals surface area contributed by atoms with Gasteiger partial charge in [-0.25, -0.2) is 4.79 Å². The fourth-order valence-electron chi connectivity index (χ4n) is 7.11. The molecule has 1 aromatic carbocycles. The van der Waals surface area contributed by atoms with Crippen molar-refractivity contribution >= 4 is 23.7 Å². The van der Waals surface area contributed by atoms with Gasteiger partial charge in [-0.1, -0.05) is 31.5 Å². The Bertz CT molecular complexity index is 1220. The molecule has 8 nitrogen and oxygen atoms in total. The molecule has 3 fully saturated rings. The molecule has 0 radical (unpaired) electrons. The number of rotatable bonds is 4. The maximum atomic E-state index is 14.1. The fraction of sp³-hybridized carbons (Fsp3) is 0.500. The number of carbonyl (C=O) groups is 4. The number of aliphatic carboxylic acids is 1. The van der Waals surface area contributed by atoms with Gasteiger partial charge in [-0.3, -0.25) is 14.4 Å². The van der Waals surface area contributed by atoms with Gasteiger partial charge in [0.05, 0.1) is 29.9 Å². The maximum absolute atomic E-state index is 14.1. The second kappa shape index (κ2) is 8.61. The number of carbonyl (C=O) groups excluding carboxylic acids is 3. The summed E-state index contributed by atoms with van der Waals surface area (Å²) in [6.07, 6.45) is 2.28. The number of carboxylic acid groups (broad SMARTS) is 1. The van der Waals surface area contributed by atoms with E-state index in [4.69, 9.17) is 13.9 Å². The Morgan fingerprint density at radius 3 is 2.58 bits per heavy atom. The minimum absolute atomic E-state index is 0.0882. The number of carboxylic acids is 1. The Morgan fingerprint density at radius 1 is 1.14 bits per heavy atom. The van der Waals surface area contributed by atoms with E-state index in [0.717, 1.165) is 5.56 Å². The Morgan fingerprint density at radius 2 is 1.92 bits per heavy atom. The quantitative estimate of drug-likeness (QED) is 0.617. The van der Waals surface area contributed by atoms with Crippen LogP contribution in [0.2, 0.25) is 0 Å². The van der Waals surface area contributed by atoms with Gasteiger partial charge in [0.1, 0.15) is 6.10 Å². The molecule has 1 aliphatic heterocycles. The van der Waals surface area contributed by atoms with Crippen LogP contribution in [0.3, 0.4) is 0 Å². The number of fused-ring (bicyclic) bond motifs is 3. The molecule has 190 valence electrons. The average Bonchev–Trinajstić information content (AvgIpc) is 3.35. The second-order valence-corrected chi connectivity index (χ2v) is 11.0. The summed E-state index contributed by atoms with van der Waals surface area (Å²) >= 11 is 0. The van der Waals surface area contributed by atoms with Gasteiger partial charge in [0.2, 0.25) is 0 Å². The zero-order valence-corrected chi connectivity index (χ0v) is 20.6. The molecule has 8 heteroatoms.